The molecular formula is C18H28N6O7. The Kier molecular flexibility index (Phi) is 10.1. The Hall–Kier alpha value is -3.48. The van der Waals surface area contributed by atoms with Crippen molar-refractivity contribution in [2.24, 2.45) is 11.7 Å². The van der Waals surface area contributed by atoms with Gasteiger partial charge in [-0.25, -0.2) is 9.78 Å². The van der Waals surface area contributed by atoms with Crippen LogP contribution in [0, 0.1) is 5.92 Å². The van der Waals surface area contributed by atoms with Gasteiger partial charge in [0.1, 0.15) is 12.1 Å². The molecule has 0 saturated carbocycles. The molecule has 0 aromatic carbocycles. The van der Waals surface area contributed by atoms with E-state index in [1.54, 1.807) is 0 Å². The Morgan fingerprint density at radius 2 is 1.77 bits per heavy atom. The summed E-state index contributed by atoms with van der Waals surface area (Å²) >= 11 is 0. The normalized spacial score (nSPS) is 13.7. The number of nitrogens with two attached hydrogens (primary N) is 1. The largest absolute Gasteiger partial charge is 0.481 e. The molecule has 3 unspecified atom stereocenters. The van der Waals surface area contributed by atoms with Crippen molar-refractivity contribution in [1.29, 1.82) is 0 Å². The number of hydrogen-bond acceptors (Lipinski definition) is 7. The van der Waals surface area contributed by atoms with E-state index in [0.717, 1.165) is 0 Å². The number of carbonyl (C=O) groups excluding carboxylic acids is 3. The van der Waals surface area contributed by atoms with E-state index in [2.05, 4.69) is 25.9 Å². The third-order valence-electron chi connectivity index (χ3n) is 4.11. The SMILES string of the molecule is CC(C)CC(N)C(=O)NCC(=O)NC(Cc1cnc[nH]1)C(=O)NC(CC(=O)O)C(=O)O. The molecule has 0 spiro atoms. The monoisotopic (exact) mass is 440 g/mol. The van der Waals surface area contributed by atoms with Gasteiger partial charge in [0.15, 0.2) is 0 Å². The maximum Gasteiger partial charge on any atom is 0.326 e. The van der Waals surface area contributed by atoms with Crippen LogP contribution in [0.2, 0.25) is 0 Å². The minimum absolute atomic E-state index is 0.0716. The average molecular weight is 440 g/mol. The Bertz CT molecular complexity index is 780. The highest BCUT2D eigenvalue weighted by Crippen LogP contribution is 2.03. The molecule has 0 aliphatic carbocycles. The van der Waals surface area contributed by atoms with Crippen LogP contribution in [-0.4, -0.2) is 74.5 Å². The van der Waals surface area contributed by atoms with Crippen LogP contribution in [0.3, 0.4) is 0 Å². The molecule has 0 bridgehead atoms. The summed E-state index contributed by atoms with van der Waals surface area (Å²) in [6, 6.07) is -3.71. The molecule has 0 fully saturated rings. The molecular weight excluding hydrogens is 412 g/mol. The molecule has 1 heterocycles. The second-order valence-corrected chi connectivity index (χ2v) is 7.35. The Morgan fingerprint density at radius 3 is 2.29 bits per heavy atom. The molecule has 0 aliphatic rings. The maximum atomic E-state index is 12.5. The van der Waals surface area contributed by atoms with Crippen LogP contribution in [0.4, 0.5) is 0 Å². The number of carbonyl (C=O) groups is 5. The highest BCUT2D eigenvalue weighted by atomic mass is 16.4. The summed E-state index contributed by atoms with van der Waals surface area (Å²) in [5, 5.41) is 24.8. The third kappa shape index (κ3) is 9.71. The van der Waals surface area contributed by atoms with E-state index >= 15 is 0 Å². The first-order chi connectivity index (χ1) is 14.5. The summed E-state index contributed by atoms with van der Waals surface area (Å²) in [7, 11) is 0. The lowest BCUT2D eigenvalue weighted by Crippen LogP contribution is -2.54. The van der Waals surface area contributed by atoms with Crippen molar-refractivity contribution >= 4 is 29.7 Å². The van der Waals surface area contributed by atoms with E-state index in [0.29, 0.717) is 12.1 Å². The predicted molar refractivity (Wildman–Crippen MR) is 106 cm³/mol. The highest BCUT2D eigenvalue weighted by molar-refractivity contribution is 5.93. The fourth-order valence-electron chi connectivity index (χ4n) is 2.63. The number of imidazole rings is 1. The Morgan fingerprint density at radius 1 is 1.10 bits per heavy atom. The lowest BCUT2D eigenvalue weighted by molar-refractivity contribution is -0.147. The fraction of sp³-hybridized carbons (Fsp3) is 0.556. The van der Waals surface area contributed by atoms with Gasteiger partial charge in [0, 0.05) is 18.3 Å². The lowest BCUT2D eigenvalue weighted by atomic mass is 10.0. The van der Waals surface area contributed by atoms with Crippen LogP contribution in [0.15, 0.2) is 12.5 Å². The van der Waals surface area contributed by atoms with Crippen molar-refractivity contribution in [3.8, 4) is 0 Å². The molecule has 8 N–H and O–H groups in total. The first-order valence-corrected chi connectivity index (χ1v) is 9.54. The molecule has 13 nitrogen and oxygen atoms in total. The molecule has 0 radical (unpaired) electrons. The number of rotatable bonds is 13. The van der Waals surface area contributed by atoms with Crippen molar-refractivity contribution in [3.05, 3.63) is 18.2 Å². The Balaban J connectivity index is 2.77. The van der Waals surface area contributed by atoms with Gasteiger partial charge in [0.25, 0.3) is 0 Å². The molecule has 13 heteroatoms. The molecule has 1 aromatic rings. The fourth-order valence-corrected chi connectivity index (χ4v) is 2.63. The second kappa shape index (κ2) is 12.3. The van der Waals surface area contributed by atoms with Crippen molar-refractivity contribution in [1.82, 2.24) is 25.9 Å². The van der Waals surface area contributed by atoms with Crippen LogP contribution in [-0.2, 0) is 30.4 Å². The van der Waals surface area contributed by atoms with Gasteiger partial charge < -0.3 is 36.9 Å². The molecule has 0 aliphatic heterocycles. The van der Waals surface area contributed by atoms with Gasteiger partial charge in [-0.05, 0) is 12.3 Å². The van der Waals surface area contributed by atoms with Gasteiger partial charge in [-0.15, -0.1) is 0 Å². The van der Waals surface area contributed by atoms with E-state index in [9.17, 15) is 24.0 Å². The molecule has 1 rings (SSSR count). The summed E-state index contributed by atoms with van der Waals surface area (Å²) in [5.74, 6) is -4.90. The number of aromatic amines is 1. The van der Waals surface area contributed by atoms with E-state index < -0.39 is 60.8 Å². The second-order valence-electron chi connectivity index (χ2n) is 7.35. The summed E-state index contributed by atoms with van der Waals surface area (Å²) in [4.78, 5) is 65.3. The van der Waals surface area contributed by atoms with Crippen molar-refractivity contribution < 1.29 is 34.2 Å². The molecule has 1 aromatic heterocycles. The molecule has 31 heavy (non-hydrogen) atoms. The standard InChI is InChI=1S/C18H28N6O7/c1-9(2)3-11(19)16(28)21-7-14(25)23-12(4-10-6-20-8-22-10)17(29)24-13(18(30)31)5-15(26)27/h6,8-9,11-13H,3-5,7,19H2,1-2H3,(H,20,22)(H,21,28)(H,23,25)(H,24,29)(H,26,27)(H,30,31). The minimum atomic E-state index is -1.68. The number of nitrogens with zero attached hydrogens (tertiary/aromatic N) is 1. The number of carboxylic acid groups (broad SMARTS) is 2. The first-order valence-electron chi connectivity index (χ1n) is 9.54. The zero-order valence-electron chi connectivity index (χ0n) is 17.3. The average Bonchev–Trinajstić information content (AvgIpc) is 3.17. The van der Waals surface area contributed by atoms with E-state index in [1.165, 1.54) is 12.5 Å². The van der Waals surface area contributed by atoms with E-state index in [1.807, 2.05) is 13.8 Å². The quantitative estimate of drug-likeness (QED) is 0.180. The lowest BCUT2D eigenvalue weighted by Gasteiger charge is -2.21. The number of aromatic nitrogens is 2. The maximum absolute atomic E-state index is 12.5. The van der Waals surface area contributed by atoms with E-state index in [4.69, 9.17) is 15.9 Å². The van der Waals surface area contributed by atoms with Gasteiger partial charge in [-0.3, -0.25) is 19.2 Å². The van der Waals surface area contributed by atoms with Gasteiger partial charge in [-0.1, -0.05) is 13.8 Å². The minimum Gasteiger partial charge on any atom is -0.481 e. The summed E-state index contributed by atoms with van der Waals surface area (Å²) in [6.07, 6.45) is 2.28. The summed E-state index contributed by atoms with van der Waals surface area (Å²) < 4.78 is 0. The number of aliphatic carboxylic acids is 2. The highest BCUT2D eigenvalue weighted by Gasteiger charge is 2.29. The van der Waals surface area contributed by atoms with Crippen LogP contribution in [0.5, 0.6) is 0 Å². The predicted octanol–water partition coefficient (Wildman–Crippen LogP) is -2.03. The van der Waals surface area contributed by atoms with Gasteiger partial charge >= 0.3 is 11.9 Å². The number of amides is 3. The Labute approximate surface area is 178 Å². The van der Waals surface area contributed by atoms with Gasteiger partial charge in [-0.2, -0.15) is 0 Å². The summed E-state index contributed by atoms with van der Waals surface area (Å²) in [6.45, 7) is 3.34. The number of H-pyrrole nitrogens is 1. The van der Waals surface area contributed by atoms with Crippen molar-refractivity contribution in [2.45, 2.75) is 51.2 Å². The van der Waals surface area contributed by atoms with Crippen LogP contribution in [0.1, 0.15) is 32.4 Å². The first kappa shape index (κ1) is 25.6. The molecule has 0 saturated heterocycles. The van der Waals surface area contributed by atoms with Gasteiger partial charge in [0.05, 0.1) is 25.3 Å². The van der Waals surface area contributed by atoms with Crippen LogP contribution >= 0.6 is 0 Å². The number of nitrogens with one attached hydrogen (secondary N) is 4. The van der Waals surface area contributed by atoms with Gasteiger partial charge in [0.2, 0.25) is 17.7 Å². The van der Waals surface area contributed by atoms with Crippen LogP contribution < -0.4 is 21.7 Å². The zero-order chi connectivity index (χ0) is 23.6. The number of carboxylic acids is 2. The molecule has 3 amide bonds. The molecule has 3 atom stereocenters. The van der Waals surface area contributed by atoms with Crippen molar-refractivity contribution in [3.63, 3.8) is 0 Å². The number of hydrogen-bond donors (Lipinski definition) is 7. The molecule has 172 valence electrons. The topological polar surface area (TPSA) is 217 Å². The van der Waals surface area contributed by atoms with E-state index in [-0.39, 0.29) is 12.3 Å². The van der Waals surface area contributed by atoms with Crippen molar-refractivity contribution in [2.75, 3.05) is 6.54 Å². The van der Waals surface area contributed by atoms with Crippen LogP contribution in [0.25, 0.3) is 0 Å². The summed E-state index contributed by atoms with van der Waals surface area (Å²) in [5.41, 5.74) is 6.21. The smallest absolute Gasteiger partial charge is 0.326 e. The third-order valence-corrected chi connectivity index (χ3v) is 4.11. The zero-order valence-corrected chi connectivity index (χ0v) is 17.3.